The van der Waals surface area contributed by atoms with Crippen molar-refractivity contribution in [2.45, 2.75) is 19.3 Å². The van der Waals surface area contributed by atoms with Gasteiger partial charge >= 0.3 is 0 Å². The molecule has 7 heteroatoms. The Labute approximate surface area is 189 Å². The molecule has 0 spiro atoms. The minimum Gasteiger partial charge on any atom is -0.337 e. The van der Waals surface area contributed by atoms with Gasteiger partial charge in [0.2, 0.25) is 5.13 Å². The molecule has 1 aliphatic rings. The predicted octanol–water partition coefficient (Wildman–Crippen LogP) is 5.94. The van der Waals surface area contributed by atoms with Crippen molar-refractivity contribution in [3.05, 3.63) is 76.8 Å². The highest BCUT2D eigenvalue weighted by Gasteiger charge is 2.24. The van der Waals surface area contributed by atoms with E-state index in [4.69, 9.17) is 21.7 Å². The van der Waals surface area contributed by atoms with Crippen LogP contribution in [0.15, 0.2) is 66.0 Å². The van der Waals surface area contributed by atoms with Crippen molar-refractivity contribution in [2.75, 3.05) is 13.1 Å². The van der Waals surface area contributed by atoms with Crippen LogP contribution in [-0.4, -0.2) is 38.7 Å². The maximum absolute atomic E-state index is 13.1. The lowest BCUT2D eigenvalue weighted by atomic mass is 10.1. The second kappa shape index (κ2) is 8.65. The van der Waals surface area contributed by atoms with Crippen LogP contribution in [0.25, 0.3) is 27.6 Å². The van der Waals surface area contributed by atoms with Crippen molar-refractivity contribution in [2.24, 2.45) is 0 Å². The van der Waals surface area contributed by atoms with E-state index in [1.54, 1.807) is 4.68 Å². The fourth-order valence-electron chi connectivity index (χ4n) is 3.82. The van der Waals surface area contributed by atoms with Gasteiger partial charge in [0, 0.05) is 34.6 Å². The zero-order valence-corrected chi connectivity index (χ0v) is 18.4. The van der Waals surface area contributed by atoms with Gasteiger partial charge in [-0.15, -0.1) is 11.3 Å². The molecule has 4 aromatic rings. The Morgan fingerprint density at radius 2 is 1.68 bits per heavy atom. The molecular formula is C24H21ClN4OS. The predicted molar refractivity (Wildman–Crippen MR) is 125 cm³/mol. The highest BCUT2D eigenvalue weighted by molar-refractivity contribution is 7.12. The third kappa shape index (κ3) is 4.13. The summed E-state index contributed by atoms with van der Waals surface area (Å²) < 4.78 is 1.79. The van der Waals surface area contributed by atoms with Crippen LogP contribution in [0.4, 0.5) is 0 Å². The molecular weight excluding hydrogens is 428 g/mol. The van der Waals surface area contributed by atoms with Crippen molar-refractivity contribution in [1.82, 2.24) is 19.7 Å². The summed E-state index contributed by atoms with van der Waals surface area (Å²) in [4.78, 5) is 19.8. The fourth-order valence-corrected chi connectivity index (χ4v) is 4.74. The molecule has 0 aliphatic carbocycles. The molecule has 5 rings (SSSR count). The van der Waals surface area contributed by atoms with Gasteiger partial charge in [-0.1, -0.05) is 54.1 Å². The van der Waals surface area contributed by atoms with Crippen molar-refractivity contribution >= 4 is 28.8 Å². The molecule has 0 unspecified atom stereocenters. The first kappa shape index (κ1) is 20.0. The van der Waals surface area contributed by atoms with Crippen LogP contribution in [0, 0.1) is 0 Å². The van der Waals surface area contributed by atoms with Crippen molar-refractivity contribution in [3.63, 3.8) is 0 Å². The first-order valence-corrected chi connectivity index (χ1v) is 11.6. The monoisotopic (exact) mass is 448 g/mol. The second-order valence-corrected chi connectivity index (χ2v) is 8.84. The fraction of sp³-hybridized carbons (Fsp3) is 0.208. The molecule has 0 N–H and O–H groups in total. The van der Waals surface area contributed by atoms with E-state index in [1.165, 1.54) is 17.8 Å². The first-order chi connectivity index (χ1) is 15.2. The first-order valence-electron chi connectivity index (χ1n) is 10.4. The summed E-state index contributed by atoms with van der Waals surface area (Å²) in [6.07, 6.45) is 3.28. The summed E-state index contributed by atoms with van der Waals surface area (Å²) in [5, 5.41) is 8.12. The van der Waals surface area contributed by atoms with E-state index in [2.05, 4.69) is 0 Å². The number of rotatable bonds is 4. The molecule has 1 amide bonds. The molecule has 31 heavy (non-hydrogen) atoms. The number of halogens is 1. The van der Waals surface area contributed by atoms with Crippen LogP contribution in [0.2, 0.25) is 5.02 Å². The summed E-state index contributed by atoms with van der Waals surface area (Å²) in [7, 11) is 0. The molecule has 0 bridgehead atoms. The lowest BCUT2D eigenvalue weighted by Gasteiger charge is -2.25. The summed E-state index contributed by atoms with van der Waals surface area (Å²) >= 11 is 7.52. The number of amides is 1. The molecule has 156 valence electrons. The van der Waals surface area contributed by atoms with Gasteiger partial charge in [0.1, 0.15) is 0 Å². The zero-order valence-electron chi connectivity index (χ0n) is 16.9. The summed E-state index contributed by atoms with van der Waals surface area (Å²) in [6.45, 7) is 1.59. The van der Waals surface area contributed by atoms with Crippen molar-refractivity contribution in [3.8, 4) is 27.6 Å². The Kier molecular flexibility index (Phi) is 5.57. The van der Waals surface area contributed by atoms with Gasteiger partial charge in [0.05, 0.1) is 11.4 Å². The third-order valence-corrected chi connectivity index (χ3v) is 6.52. The van der Waals surface area contributed by atoms with Crippen molar-refractivity contribution < 1.29 is 4.79 Å². The lowest BCUT2D eigenvalue weighted by Crippen LogP contribution is -2.35. The standard InChI is InChI=1S/C24H21ClN4OS/c25-19-11-9-17(10-12-19)21-16-31-24(26-21)29-22(18-7-3-1-4-8-18)15-20(27-29)23(30)28-13-5-2-6-14-28/h1,3-4,7-12,15-16H,2,5-6,13-14H2. The smallest absolute Gasteiger partial charge is 0.274 e. The molecule has 1 saturated heterocycles. The summed E-state index contributed by atoms with van der Waals surface area (Å²) in [5.41, 5.74) is 4.16. The van der Waals surface area contributed by atoms with Crippen LogP contribution in [0.1, 0.15) is 29.8 Å². The van der Waals surface area contributed by atoms with Crippen LogP contribution < -0.4 is 0 Å². The molecule has 0 saturated carbocycles. The third-order valence-electron chi connectivity index (χ3n) is 5.45. The van der Waals surface area contributed by atoms with Crippen molar-refractivity contribution in [1.29, 1.82) is 0 Å². The highest BCUT2D eigenvalue weighted by atomic mass is 35.5. The minimum atomic E-state index is -0.00916. The van der Waals surface area contributed by atoms with E-state index in [-0.39, 0.29) is 5.91 Å². The average Bonchev–Trinajstić information content (AvgIpc) is 3.48. The number of thiazole rings is 1. The Morgan fingerprint density at radius 3 is 2.42 bits per heavy atom. The molecule has 3 heterocycles. The van der Waals surface area contributed by atoms with Gasteiger partial charge in [0.25, 0.3) is 5.91 Å². The van der Waals surface area contributed by atoms with Gasteiger partial charge in [-0.25, -0.2) is 9.67 Å². The number of piperidine rings is 1. The van der Waals surface area contributed by atoms with Gasteiger partial charge in [0.15, 0.2) is 5.69 Å². The largest absolute Gasteiger partial charge is 0.337 e. The minimum absolute atomic E-state index is 0.00916. The Hall–Kier alpha value is -2.96. The van der Waals surface area contributed by atoms with Gasteiger partial charge < -0.3 is 4.90 Å². The van der Waals surface area contributed by atoms with Gasteiger partial charge in [-0.2, -0.15) is 5.10 Å². The normalized spacial score (nSPS) is 14.0. The number of nitrogens with zero attached hydrogens (tertiary/aromatic N) is 4. The highest BCUT2D eigenvalue weighted by Crippen LogP contribution is 2.30. The SMILES string of the molecule is O=C(c1cc(-c2ccccc2)n(-c2nc(-c3ccc(Cl)cc3)cs2)n1)N1CCCCC1. The van der Waals surface area contributed by atoms with E-state index in [0.29, 0.717) is 10.7 Å². The Morgan fingerprint density at radius 1 is 0.935 bits per heavy atom. The molecule has 1 fully saturated rings. The number of carbonyl (C=O) groups is 1. The number of carbonyl (C=O) groups excluding carboxylic acids is 1. The van der Waals surface area contributed by atoms with E-state index < -0.39 is 0 Å². The van der Waals surface area contributed by atoms with E-state index in [0.717, 1.165) is 53.6 Å². The second-order valence-electron chi connectivity index (χ2n) is 7.57. The number of hydrogen-bond donors (Lipinski definition) is 0. The van der Waals surface area contributed by atoms with Crippen LogP contribution >= 0.6 is 22.9 Å². The maximum atomic E-state index is 13.1. The number of hydrogen-bond acceptors (Lipinski definition) is 4. The topological polar surface area (TPSA) is 51.0 Å². The average molecular weight is 449 g/mol. The van der Waals surface area contributed by atoms with Crippen LogP contribution in [-0.2, 0) is 0 Å². The molecule has 1 aliphatic heterocycles. The zero-order chi connectivity index (χ0) is 21.2. The number of benzene rings is 2. The molecule has 0 radical (unpaired) electrons. The molecule has 0 atom stereocenters. The summed E-state index contributed by atoms with van der Waals surface area (Å²) in [6, 6.07) is 19.5. The van der Waals surface area contributed by atoms with E-state index in [1.807, 2.05) is 70.9 Å². The lowest BCUT2D eigenvalue weighted by molar-refractivity contribution is 0.0718. The van der Waals surface area contributed by atoms with Gasteiger partial charge in [-0.05, 0) is 37.5 Å². The van der Waals surface area contributed by atoms with Crippen LogP contribution in [0.5, 0.6) is 0 Å². The van der Waals surface area contributed by atoms with Gasteiger partial charge in [-0.3, -0.25) is 4.79 Å². The Balaban J connectivity index is 1.55. The number of likely N-dealkylation sites (tertiary alicyclic amines) is 1. The van der Waals surface area contributed by atoms with E-state index >= 15 is 0 Å². The van der Waals surface area contributed by atoms with Crippen LogP contribution in [0.3, 0.4) is 0 Å². The number of aromatic nitrogens is 3. The summed E-state index contributed by atoms with van der Waals surface area (Å²) in [5.74, 6) is -0.00916. The quantitative estimate of drug-likeness (QED) is 0.388. The maximum Gasteiger partial charge on any atom is 0.274 e. The van der Waals surface area contributed by atoms with E-state index in [9.17, 15) is 4.79 Å². The Bertz CT molecular complexity index is 1190. The molecule has 5 nitrogen and oxygen atoms in total. The molecule has 2 aromatic carbocycles. The molecule has 2 aromatic heterocycles.